The van der Waals surface area contributed by atoms with Gasteiger partial charge in [0.05, 0.1) is 37.4 Å². The molecule has 1 atom stereocenters. The third-order valence-electron chi connectivity index (χ3n) is 7.56. The Bertz CT molecular complexity index is 1220. The van der Waals surface area contributed by atoms with Crippen molar-refractivity contribution in [3.63, 3.8) is 0 Å². The van der Waals surface area contributed by atoms with Gasteiger partial charge in [-0.15, -0.1) is 0 Å². The molecule has 1 heterocycles. The molecule has 2 aromatic rings. The Morgan fingerprint density at radius 2 is 1.82 bits per heavy atom. The number of carbonyl (C=O) groups excluding carboxylic acids is 1. The topological polar surface area (TPSA) is 128 Å². The predicted octanol–water partition coefficient (Wildman–Crippen LogP) is 5.44. The van der Waals surface area contributed by atoms with Crippen molar-refractivity contribution in [1.82, 2.24) is 4.90 Å². The van der Waals surface area contributed by atoms with Gasteiger partial charge in [0.1, 0.15) is 5.56 Å². The number of amides is 1. The smallest absolute Gasteiger partial charge is 0.303 e. The minimum absolute atomic E-state index is 0.0130. The molecule has 3 rings (SSSR count). The highest BCUT2D eigenvalue weighted by Crippen LogP contribution is 2.39. The van der Waals surface area contributed by atoms with E-state index >= 15 is 0 Å². The highest BCUT2D eigenvalue weighted by molar-refractivity contribution is 6.74. The molecule has 2 aromatic carbocycles. The number of rotatable bonds is 11. The summed E-state index contributed by atoms with van der Waals surface area (Å²) in [5.74, 6) is -1.22. The SMILES string of the molecule is COc1cc(C(=O)N2Cc3ccccc3CC2CO[Si](C)(C)C(C)(C)C)c([N+](=O)[O-])cc1OCCCC(=O)O. The predicted molar refractivity (Wildman–Crippen MR) is 149 cm³/mol. The Morgan fingerprint density at radius 1 is 1.15 bits per heavy atom. The van der Waals surface area contributed by atoms with E-state index < -0.39 is 30.8 Å². The Kier molecular flexibility index (Phi) is 9.39. The van der Waals surface area contributed by atoms with Crippen molar-refractivity contribution in [1.29, 1.82) is 0 Å². The summed E-state index contributed by atoms with van der Waals surface area (Å²) in [7, 11) is -0.736. The summed E-state index contributed by atoms with van der Waals surface area (Å²) in [5.41, 5.74) is 1.61. The third kappa shape index (κ3) is 7.15. The number of nitro benzene ring substituents is 1. The van der Waals surface area contributed by atoms with E-state index in [0.29, 0.717) is 19.6 Å². The molecule has 212 valence electrons. The Morgan fingerprint density at radius 3 is 2.41 bits per heavy atom. The molecule has 0 aliphatic carbocycles. The van der Waals surface area contributed by atoms with Crippen LogP contribution in [0.4, 0.5) is 5.69 Å². The van der Waals surface area contributed by atoms with Crippen LogP contribution < -0.4 is 9.47 Å². The molecule has 11 heteroatoms. The molecule has 1 aliphatic rings. The maximum absolute atomic E-state index is 14.0. The fraction of sp³-hybridized carbons (Fsp3) is 0.500. The zero-order chi connectivity index (χ0) is 29.0. The molecule has 0 bridgehead atoms. The van der Waals surface area contributed by atoms with Crippen molar-refractivity contribution in [2.75, 3.05) is 20.3 Å². The lowest BCUT2D eigenvalue weighted by atomic mass is 9.93. The maximum Gasteiger partial charge on any atom is 0.303 e. The van der Waals surface area contributed by atoms with Gasteiger partial charge in [0, 0.05) is 19.0 Å². The largest absolute Gasteiger partial charge is 0.493 e. The number of carboxylic acids is 1. The standard InChI is InChI=1S/C28H38N2O8Si/c1-28(2,3)39(5,6)38-18-21-14-19-10-7-8-11-20(19)17-29(21)27(33)22-15-24(36-4)25(16-23(22)30(34)35)37-13-9-12-26(31)32/h7-8,10-11,15-16,21H,9,12-14,17-18H2,1-6H3,(H,31,32). The summed E-state index contributed by atoms with van der Waals surface area (Å²) < 4.78 is 17.5. The number of nitrogens with zero attached hydrogens (tertiary/aromatic N) is 2. The molecular formula is C28H38N2O8Si. The van der Waals surface area contributed by atoms with E-state index in [0.717, 1.165) is 11.1 Å². The minimum Gasteiger partial charge on any atom is -0.493 e. The second-order valence-corrected chi connectivity index (χ2v) is 16.1. The Balaban J connectivity index is 1.96. The van der Waals surface area contributed by atoms with Crippen molar-refractivity contribution < 1.29 is 33.5 Å². The first-order valence-electron chi connectivity index (χ1n) is 13.0. The fourth-order valence-electron chi connectivity index (χ4n) is 4.20. The molecule has 39 heavy (non-hydrogen) atoms. The number of aliphatic carboxylic acids is 1. The van der Waals surface area contributed by atoms with Gasteiger partial charge in [-0.3, -0.25) is 19.7 Å². The second kappa shape index (κ2) is 12.2. The van der Waals surface area contributed by atoms with Crippen LogP contribution in [0.15, 0.2) is 36.4 Å². The molecule has 0 fully saturated rings. The Labute approximate surface area is 230 Å². The lowest BCUT2D eigenvalue weighted by Gasteiger charge is -2.41. The first-order chi connectivity index (χ1) is 18.2. The number of nitro groups is 1. The van der Waals surface area contributed by atoms with E-state index in [4.69, 9.17) is 19.0 Å². The number of methoxy groups -OCH3 is 1. The maximum atomic E-state index is 14.0. The van der Waals surface area contributed by atoms with Gasteiger partial charge >= 0.3 is 5.97 Å². The average Bonchev–Trinajstić information content (AvgIpc) is 2.87. The molecule has 0 saturated heterocycles. The van der Waals surface area contributed by atoms with Crippen LogP contribution in [-0.2, 0) is 22.2 Å². The van der Waals surface area contributed by atoms with Crippen LogP contribution in [0.25, 0.3) is 0 Å². The molecule has 10 nitrogen and oxygen atoms in total. The molecule has 0 radical (unpaired) electrons. The number of carbonyl (C=O) groups is 2. The van der Waals surface area contributed by atoms with Crippen LogP contribution in [0.5, 0.6) is 11.5 Å². The minimum atomic E-state index is -2.12. The molecule has 0 aromatic heterocycles. The second-order valence-electron chi connectivity index (χ2n) is 11.3. The van der Waals surface area contributed by atoms with E-state index in [1.54, 1.807) is 4.90 Å². The summed E-state index contributed by atoms with van der Waals surface area (Å²) in [4.78, 5) is 37.9. The van der Waals surface area contributed by atoms with Crippen LogP contribution in [-0.4, -0.2) is 61.5 Å². The van der Waals surface area contributed by atoms with Crippen LogP contribution in [0.2, 0.25) is 18.1 Å². The van der Waals surface area contributed by atoms with E-state index in [1.165, 1.54) is 19.2 Å². The first kappa shape index (κ1) is 30.1. The average molecular weight is 559 g/mol. The summed E-state index contributed by atoms with van der Waals surface area (Å²) in [6.45, 7) is 11.4. The zero-order valence-electron chi connectivity index (χ0n) is 23.5. The molecule has 0 saturated carbocycles. The van der Waals surface area contributed by atoms with Gasteiger partial charge in [0.15, 0.2) is 19.8 Å². The van der Waals surface area contributed by atoms with Gasteiger partial charge in [-0.2, -0.15) is 0 Å². The van der Waals surface area contributed by atoms with Crippen molar-refractivity contribution in [2.45, 2.75) is 70.8 Å². The van der Waals surface area contributed by atoms with Gasteiger partial charge < -0.3 is 23.9 Å². The molecule has 1 amide bonds. The number of hydrogen-bond acceptors (Lipinski definition) is 7. The fourth-order valence-corrected chi connectivity index (χ4v) is 5.24. The van der Waals surface area contributed by atoms with Crippen molar-refractivity contribution in [2.24, 2.45) is 0 Å². The lowest BCUT2D eigenvalue weighted by molar-refractivity contribution is -0.385. The van der Waals surface area contributed by atoms with Crippen molar-refractivity contribution >= 4 is 25.9 Å². The van der Waals surface area contributed by atoms with Gasteiger partial charge in [-0.25, -0.2) is 0 Å². The monoisotopic (exact) mass is 558 g/mol. The molecular weight excluding hydrogens is 520 g/mol. The number of fused-ring (bicyclic) bond motifs is 1. The molecule has 1 aliphatic heterocycles. The molecule has 1 N–H and O–H groups in total. The molecule has 1 unspecified atom stereocenters. The highest BCUT2D eigenvalue weighted by atomic mass is 28.4. The van der Waals surface area contributed by atoms with E-state index in [1.807, 2.05) is 24.3 Å². The summed E-state index contributed by atoms with van der Waals surface area (Å²) >= 11 is 0. The summed E-state index contributed by atoms with van der Waals surface area (Å²) in [5, 5.41) is 20.9. The van der Waals surface area contributed by atoms with Crippen LogP contribution >= 0.6 is 0 Å². The van der Waals surface area contributed by atoms with Crippen LogP contribution in [0.1, 0.15) is 55.1 Å². The lowest BCUT2D eigenvalue weighted by Crippen LogP contribution is -2.50. The van der Waals surface area contributed by atoms with E-state index in [2.05, 4.69) is 33.9 Å². The molecule has 0 spiro atoms. The van der Waals surface area contributed by atoms with Gasteiger partial charge in [-0.1, -0.05) is 45.0 Å². The van der Waals surface area contributed by atoms with Crippen molar-refractivity contribution in [3.05, 3.63) is 63.2 Å². The Hall–Kier alpha value is -3.44. The van der Waals surface area contributed by atoms with Gasteiger partial charge in [0.25, 0.3) is 11.6 Å². The number of carboxylic acid groups (broad SMARTS) is 1. The number of ether oxygens (including phenoxy) is 2. The van der Waals surface area contributed by atoms with Gasteiger partial charge in [-0.05, 0) is 42.1 Å². The van der Waals surface area contributed by atoms with Crippen LogP contribution in [0, 0.1) is 10.1 Å². The van der Waals surface area contributed by atoms with Crippen molar-refractivity contribution in [3.8, 4) is 11.5 Å². The summed E-state index contributed by atoms with van der Waals surface area (Å²) in [6.07, 6.45) is 0.693. The van der Waals surface area contributed by atoms with Crippen LogP contribution in [0.3, 0.4) is 0 Å². The van der Waals surface area contributed by atoms with Gasteiger partial charge in [0.2, 0.25) is 0 Å². The normalized spacial score (nSPS) is 15.4. The number of benzene rings is 2. The highest BCUT2D eigenvalue weighted by Gasteiger charge is 2.40. The number of hydrogen-bond donors (Lipinski definition) is 1. The van der Waals surface area contributed by atoms with E-state index in [9.17, 15) is 19.7 Å². The quantitative estimate of drug-likeness (QED) is 0.167. The first-order valence-corrected chi connectivity index (χ1v) is 15.9. The zero-order valence-corrected chi connectivity index (χ0v) is 24.5. The summed E-state index contributed by atoms with van der Waals surface area (Å²) in [6, 6.07) is 10.1. The third-order valence-corrected chi connectivity index (χ3v) is 12.1. The van der Waals surface area contributed by atoms with E-state index in [-0.39, 0.29) is 47.6 Å².